The molecular weight excluding hydrogens is 154 g/mol. The summed E-state index contributed by atoms with van der Waals surface area (Å²) in [6.45, 7) is 1.87. The molecular formula is C6H6ClNO2. The summed E-state index contributed by atoms with van der Waals surface area (Å²) in [6.07, 6.45) is 0.690. The van der Waals surface area contributed by atoms with Crippen LogP contribution in [-0.2, 0) is 4.79 Å². The first-order chi connectivity index (χ1) is 4.66. The quantitative estimate of drug-likeness (QED) is 0.662. The average Bonchev–Trinajstić information content (AvgIpc) is 1.85. The van der Waals surface area contributed by atoms with E-state index in [9.17, 15) is 4.79 Å². The van der Waals surface area contributed by atoms with Crippen molar-refractivity contribution in [1.82, 2.24) is 0 Å². The summed E-state index contributed by atoms with van der Waals surface area (Å²) in [7, 11) is 0. The molecule has 1 N–H and O–H groups in total. The lowest BCUT2D eigenvalue weighted by Gasteiger charge is -2.12. The first kappa shape index (κ1) is 7.28. The maximum atomic E-state index is 10.2. The van der Waals surface area contributed by atoms with E-state index in [1.54, 1.807) is 0 Å². The molecule has 0 fully saturated rings. The van der Waals surface area contributed by atoms with Gasteiger partial charge in [-0.1, -0.05) is 18.5 Å². The topological polar surface area (TPSA) is 49.7 Å². The van der Waals surface area contributed by atoms with Crippen LogP contribution in [0.3, 0.4) is 0 Å². The molecule has 1 heterocycles. The second-order valence-corrected chi connectivity index (χ2v) is 2.26. The smallest absolute Gasteiger partial charge is 0.356 e. The van der Waals surface area contributed by atoms with Crippen molar-refractivity contribution in [2.75, 3.05) is 0 Å². The van der Waals surface area contributed by atoms with E-state index in [1.807, 2.05) is 6.92 Å². The van der Waals surface area contributed by atoms with Gasteiger partial charge in [-0.05, 0) is 6.42 Å². The van der Waals surface area contributed by atoms with Crippen LogP contribution in [0.25, 0.3) is 0 Å². The van der Waals surface area contributed by atoms with Gasteiger partial charge in [0.2, 0.25) is 0 Å². The molecule has 0 saturated carbocycles. The molecule has 0 aromatic rings. The standard InChI is InChI=1S/C6H6ClNO2/c1-2-3-4(7)5(8-3)6(9)10/h2H2,1H3,(H,9,10). The number of aliphatic carboxylic acids is 1. The molecule has 0 aliphatic carbocycles. The predicted octanol–water partition coefficient (Wildman–Crippen LogP) is 1.39. The number of carbonyl (C=O) groups is 1. The first-order valence-corrected chi connectivity index (χ1v) is 3.25. The highest BCUT2D eigenvalue weighted by atomic mass is 35.5. The molecule has 54 valence electrons. The molecule has 0 aromatic heterocycles. The van der Waals surface area contributed by atoms with Gasteiger partial charge in [-0.15, -0.1) is 0 Å². The van der Waals surface area contributed by atoms with Gasteiger partial charge >= 0.3 is 5.97 Å². The van der Waals surface area contributed by atoms with Crippen LogP contribution < -0.4 is 0 Å². The van der Waals surface area contributed by atoms with E-state index in [2.05, 4.69) is 4.99 Å². The van der Waals surface area contributed by atoms with Crippen molar-refractivity contribution in [3.05, 3.63) is 10.7 Å². The highest BCUT2D eigenvalue weighted by molar-refractivity contribution is 6.60. The van der Waals surface area contributed by atoms with Crippen molar-refractivity contribution in [1.29, 1.82) is 0 Å². The summed E-state index contributed by atoms with van der Waals surface area (Å²) < 4.78 is 0. The zero-order valence-electron chi connectivity index (χ0n) is 5.39. The van der Waals surface area contributed by atoms with Crippen LogP contribution in [0.4, 0.5) is 0 Å². The Morgan fingerprint density at radius 2 is 2.40 bits per heavy atom. The molecule has 0 atom stereocenters. The van der Waals surface area contributed by atoms with Crippen molar-refractivity contribution in [2.24, 2.45) is 4.99 Å². The second kappa shape index (κ2) is 2.42. The Morgan fingerprint density at radius 1 is 1.80 bits per heavy atom. The van der Waals surface area contributed by atoms with E-state index < -0.39 is 5.97 Å². The molecule has 0 aromatic carbocycles. The largest absolute Gasteiger partial charge is 0.476 e. The number of hydrogen-bond acceptors (Lipinski definition) is 2. The third-order valence-corrected chi connectivity index (χ3v) is 1.64. The minimum absolute atomic E-state index is 0.0153. The number of rotatable bonds is 2. The Kier molecular flexibility index (Phi) is 1.76. The number of allylic oxidation sites excluding steroid dienone is 1. The monoisotopic (exact) mass is 159 g/mol. The molecule has 10 heavy (non-hydrogen) atoms. The molecule has 0 radical (unpaired) electrons. The van der Waals surface area contributed by atoms with Crippen LogP contribution in [0, 0.1) is 0 Å². The van der Waals surface area contributed by atoms with Crippen molar-refractivity contribution in [2.45, 2.75) is 13.3 Å². The third-order valence-electron chi connectivity index (χ3n) is 1.25. The van der Waals surface area contributed by atoms with Crippen molar-refractivity contribution in [3.8, 4) is 0 Å². The van der Waals surface area contributed by atoms with E-state index in [0.717, 1.165) is 0 Å². The van der Waals surface area contributed by atoms with Gasteiger partial charge in [-0.2, -0.15) is 0 Å². The van der Waals surface area contributed by atoms with E-state index in [1.165, 1.54) is 0 Å². The summed E-state index contributed by atoms with van der Waals surface area (Å²) in [5.74, 6) is -1.05. The molecule has 4 heteroatoms. The molecule has 1 rings (SSSR count). The summed E-state index contributed by atoms with van der Waals surface area (Å²) >= 11 is 5.54. The Morgan fingerprint density at radius 3 is 2.70 bits per heavy atom. The molecule has 1 aliphatic rings. The fourth-order valence-corrected chi connectivity index (χ4v) is 0.992. The lowest BCUT2D eigenvalue weighted by molar-refractivity contribution is -0.129. The number of carboxylic acids is 1. The van der Waals surface area contributed by atoms with Gasteiger partial charge in [-0.25, -0.2) is 9.79 Å². The molecule has 0 spiro atoms. The summed E-state index contributed by atoms with van der Waals surface area (Å²) in [5.41, 5.74) is 0.664. The fourth-order valence-electron chi connectivity index (χ4n) is 0.693. The highest BCUT2D eigenvalue weighted by Gasteiger charge is 2.24. The predicted molar refractivity (Wildman–Crippen MR) is 38.2 cm³/mol. The molecule has 0 unspecified atom stereocenters. The van der Waals surface area contributed by atoms with Gasteiger partial charge in [0.05, 0.1) is 10.7 Å². The van der Waals surface area contributed by atoms with Crippen LogP contribution in [0.15, 0.2) is 15.7 Å². The van der Waals surface area contributed by atoms with Crippen molar-refractivity contribution >= 4 is 23.3 Å². The molecule has 0 saturated heterocycles. The van der Waals surface area contributed by atoms with Crippen LogP contribution in [0.5, 0.6) is 0 Å². The Bertz CT molecular complexity index is 242. The molecule has 0 amide bonds. The van der Waals surface area contributed by atoms with Crippen LogP contribution in [0.2, 0.25) is 0 Å². The number of hydrogen-bond donors (Lipinski definition) is 1. The SMILES string of the molecule is CCC1=C(Cl)C(C(=O)O)=N1. The van der Waals surface area contributed by atoms with E-state index in [-0.39, 0.29) is 5.71 Å². The Balaban J connectivity index is 2.70. The lowest BCUT2D eigenvalue weighted by atomic mass is 10.1. The number of carboxylic acid groups (broad SMARTS) is 1. The van der Waals surface area contributed by atoms with Crippen LogP contribution in [-0.4, -0.2) is 16.8 Å². The second-order valence-electron chi connectivity index (χ2n) is 1.88. The van der Waals surface area contributed by atoms with Gasteiger partial charge in [0.15, 0.2) is 5.71 Å². The van der Waals surface area contributed by atoms with Crippen LogP contribution in [0.1, 0.15) is 13.3 Å². The van der Waals surface area contributed by atoms with Crippen molar-refractivity contribution < 1.29 is 9.90 Å². The van der Waals surface area contributed by atoms with Crippen molar-refractivity contribution in [3.63, 3.8) is 0 Å². The van der Waals surface area contributed by atoms with Gasteiger partial charge in [-0.3, -0.25) is 0 Å². The van der Waals surface area contributed by atoms with E-state index in [0.29, 0.717) is 17.2 Å². The zero-order valence-corrected chi connectivity index (χ0v) is 6.14. The summed E-state index contributed by atoms with van der Waals surface area (Å²) in [5, 5.41) is 8.67. The first-order valence-electron chi connectivity index (χ1n) is 2.87. The normalized spacial score (nSPS) is 16.4. The highest BCUT2D eigenvalue weighted by Crippen LogP contribution is 2.25. The zero-order chi connectivity index (χ0) is 7.72. The van der Waals surface area contributed by atoms with Gasteiger partial charge in [0.25, 0.3) is 0 Å². The van der Waals surface area contributed by atoms with E-state index in [4.69, 9.17) is 16.7 Å². The van der Waals surface area contributed by atoms with Gasteiger partial charge in [0, 0.05) is 0 Å². The fraction of sp³-hybridized carbons (Fsp3) is 0.333. The molecule has 3 nitrogen and oxygen atoms in total. The minimum Gasteiger partial charge on any atom is -0.476 e. The lowest BCUT2D eigenvalue weighted by Crippen LogP contribution is -2.20. The summed E-state index contributed by atoms with van der Waals surface area (Å²) in [6, 6.07) is 0. The molecule has 0 bridgehead atoms. The van der Waals surface area contributed by atoms with Crippen LogP contribution >= 0.6 is 11.6 Å². The average molecular weight is 160 g/mol. The Hall–Kier alpha value is -0.830. The minimum atomic E-state index is -1.05. The van der Waals surface area contributed by atoms with Gasteiger partial charge in [0.1, 0.15) is 0 Å². The van der Waals surface area contributed by atoms with Gasteiger partial charge < -0.3 is 5.11 Å². The molecule has 1 aliphatic heterocycles. The summed E-state index contributed by atoms with van der Waals surface area (Å²) in [4.78, 5) is 13.9. The maximum absolute atomic E-state index is 10.2. The maximum Gasteiger partial charge on any atom is 0.356 e. The Labute approximate surface area is 63.0 Å². The van der Waals surface area contributed by atoms with E-state index >= 15 is 0 Å². The number of halogens is 1. The number of aliphatic imine (C=N–C) groups is 1. The third kappa shape index (κ3) is 0.926. The number of nitrogens with zero attached hydrogens (tertiary/aromatic N) is 1.